The van der Waals surface area contributed by atoms with E-state index in [1.54, 1.807) is 0 Å². The van der Waals surface area contributed by atoms with Gasteiger partial charge in [0.1, 0.15) is 5.76 Å². The number of nitrogens with zero attached hydrogens (tertiary/aromatic N) is 1. The number of fused-ring (bicyclic) bond motifs is 5. The van der Waals surface area contributed by atoms with E-state index < -0.39 is 0 Å². The van der Waals surface area contributed by atoms with Crippen LogP contribution in [0.15, 0.2) is 144 Å². The molecule has 0 aliphatic rings. The van der Waals surface area contributed by atoms with Gasteiger partial charge in [-0.25, -0.2) is 0 Å². The fourth-order valence-electron chi connectivity index (χ4n) is 6.05. The molecule has 0 radical (unpaired) electrons. The molecule has 2 heteroatoms. The minimum atomic E-state index is 0.817. The van der Waals surface area contributed by atoms with Crippen molar-refractivity contribution in [3.63, 3.8) is 0 Å². The van der Waals surface area contributed by atoms with Crippen LogP contribution in [0.2, 0.25) is 0 Å². The monoisotopic (exact) mass is 485 g/mol. The van der Waals surface area contributed by atoms with Gasteiger partial charge in [-0.05, 0) is 50.9 Å². The largest absolute Gasteiger partial charge is 0.440 e. The van der Waals surface area contributed by atoms with Crippen molar-refractivity contribution in [1.82, 2.24) is 4.57 Å². The second-order valence-corrected chi connectivity index (χ2v) is 9.71. The zero-order valence-electron chi connectivity index (χ0n) is 20.6. The normalized spacial score (nSPS) is 11.7. The summed E-state index contributed by atoms with van der Waals surface area (Å²) in [5, 5.41) is 7.28. The van der Waals surface area contributed by atoms with E-state index in [1.165, 1.54) is 43.4 Å². The molecule has 8 rings (SSSR count). The van der Waals surface area contributed by atoms with E-state index >= 15 is 0 Å². The number of hydrogen-bond donors (Lipinski definition) is 0. The number of furan rings is 1. The number of benzene rings is 6. The third-order valence-electron chi connectivity index (χ3n) is 7.63. The molecule has 0 unspecified atom stereocenters. The third kappa shape index (κ3) is 3.01. The van der Waals surface area contributed by atoms with Crippen LogP contribution in [0.1, 0.15) is 0 Å². The molecule has 0 N–H and O–H groups in total. The minimum Gasteiger partial charge on any atom is -0.440 e. The molecule has 0 amide bonds. The average Bonchev–Trinajstić information content (AvgIpc) is 3.59. The summed E-state index contributed by atoms with van der Waals surface area (Å²) in [4.78, 5) is 0. The lowest BCUT2D eigenvalue weighted by molar-refractivity contribution is 0.561. The molecular weight excluding hydrogens is 462 g/mol. The first-order valence-corrected chi connectivity index (χ1v) is 13.0. The first kappa shape index (κ1) is 21.0. The van der Waals surface area contributed by atoms with Crippen molar-refractivity contribution in [2.45, 2.75) is 0 Å². The molecule has 0 spiro atoms. The van der Waals surface area contributed by atoms with Gasteiger partial charge in [0, 0.05) is 22.4 Å². The average molecular weight is 486 g/mol. The molecule has 0 saturated carbocycles. The SMILES string of the molecule is c1ccc(-c2c3ccccc3c(-c3ccc(-n4c5ccccc5c5ccccc54)o3)c3ccccc23)cc1. The second-order valence-electron chi connectivity index (χ2n) is 9.71. The number of aromatic nitrogens is 1. The molecule has 2 nitrogen and oxygen atoms in total. The van der Waals surface area contributed by atoms with Gasteiger partial charge in [0.15, 0.2) is 0 Å². The first-order chi connectivity index (χ1) is 18.9. The fraction of sp³-hybridized carbons (Fsp3) is 0. The molecule has 8 aromatic rings. The highest BCUT2D eigenvalue weighted by atomic mass is 16.4. The Morgan fingerprint density at radius 1 is 0.368 bits per heavy atom. The predicted molar refractivity (Wildman–Crippen MR) is 159 cm³/mol. The molecular formula is C36H23NO. The van der Waals surface area contributed by atoms with Crippen molar-refractivity contribution < 1.29 is 4.42 Å². The minimum absolute atomic E-state index is 0.817. The van der Waals surface area contributed by atoms with Crippen LogP contribution in [0.25, 0.3) is 71.7 Å². The Kier molecular flexibility index (Phi) is 4.55. The summed E-state index contributed by atoms with van der Waals surface area (Å²) in [6.07, 6.45) is 0. The van der Waals surface area contributed by atoms with E-state index in [9.17, 15) is 0 Å². The van der Waals surface area contributed by atoms with Crippen LogP contribution in [-0.2, 0) is 0 Å². The molecule has 0 atom stereocenters. The quantitative estimate of drug-likeness (QED) is 0.228. The summed E-state index contributed by atoms with van der Waals surface area (Å²) in [5.74, 6) is 1.69. The van der Waals surface area contributed by atoms with Gasteiger partial charge in [-0.3, -0.25) is 4.57 Å². The number of hydrogen-bond acceptors (Lipinski definition) is 1. The van der Waals surface area contributed by atoms with E-state index in [-0.39, 0.29) is 0 Å². The Balaban J connectivity index is 1.43. The van der Waals surface area contributed by atoms with Gasteiger partial charge in [0.25, 0.3) is 0 Å². The smallest absolute Gasteiger partial charge is 0.205 e. The highest BCUT2D eigenvalue weighted by Crippen LogP contribution is 2.44. The number of rotatable bonds is 3. The molecule has 0 aliphatic carbocycles. The van der Waals surface area contributed by atoms with Crippen molar-refractivity contribution >= 4 is 43.4 Å². The van der Waals surface area contributed by atoms with Crippen LogP contribution in [-0.4, -0.2) is 4.57 Å². The Morgan fingerprint density at radius 3 is 1.37 bits per heavy atom. The molecule has 178 valence electrons. The summed E-state index contributed by atoms with van der Waals surface area (Å²) in [6.45, 7) is 0. The van der Waals surface area contributed by atoms with E-state index in [0.717, 1.165) is 28.2 Å². The topological polar surface area (TPSA) is 18.1 Å². The maximum absolute atomic E-state index is 6.76. The Hall–Kier alpha value is -5.08. The Labute approximate surface area is 220 Å². The number of para-hydroxylation sites is 2. The van der Waals surface area contributed by atoms with Crippen molar-refractivity contribution in [3.05, 3.63) is 140 Å². The van der Waals surface area contributed by atoms with E-state index in [0.29, 0.717) is 0 Å². The van der Waals surface area contributed by atoms with Gasteiger partial charge >= 0.3 is 0 Å². The van der Waals surface area contributed by atoms with E-state index in [2.05, 4.69) is 144 Å². The molecule has 2 heterocycles. The summed E-state index contributed by atoms with van der Waals surface area (Å²) >= 11 is 0. The fourth-order valence-corrected chi connectivity index (χ4v) is 6.05. The maximum Gasteiger partial charge on any atom is 0.205 e. The van der Waals surface area contributed by atoms with Crippen LogP contribution < -0.4 is 0 Å². The first-order valence-electron chi connectivity index (χ1n) is 13.0. The highest BCUT2D eigenvalue weighted by Gasteiger charge is 2.20. The summed E-state index contributed by atoms with van der Waals surface area (Å²) in [5.41, 5.74) is 5.89. The summed E-state index contributed by atoms with van der Waals surface area (Å²) in [7, 11) is 0. The Morgan fingerprint density at radius 2 is 0.816 bits per heavy atom. The Bertz CT molecular complexity index is 2020. The molecule has 0 saturated heterocycles. The molecule has 2 aromatic heterocycles. The van der Waals surface area contributed by atoms with Crippen LogP contribution >= 0.6 is 0 Å². The third-order valence-corrected chi connectivity index (χ3v) is 7.63. The van der Waals surface area contributed by atoms with Crippen molar-refractivity contribution in [1.29, 1.82) is 0 Å². The van der Waals surface area contributed by atoms with Crippen LogP contribution in [0.5, 0.6) is 0 Å². The summed E-state index contributed by atoms with van der Waals surface area (Å²) < 4.78 is 8.99. The van der Waals surface area contributed by atoms with Gasteiger partial charge < -0.3 is 4.42 Å². The maximum atomic E-state index is 6.76. The van der Waals surface area contributed by atoms with E-state index in [4.69, 9.17) is 4.42 Å². The highest BCUT2D eigenvalue weighted by molar-refractivity contribution is 6.21. The van der Waals surface area contributed by atoms with Gasteiger partial charge in [0.05, 0.1) is 11.0 Å². The molecule has 0 bridgehead atoms. The van der Waals surface area contributed by atoms with Crippen molar-refractivity contribution in [2.24, 2.45) is 0 Å². The molecule has 6 aromatic carbocycles. The summed E-state index contributed by atoms with van der Waals surface area (Å²) in [6, 6.07) is 49.3. The predicted octanol–water partition coefficient (Wildman–Crippen LogP) is 10.0. The van der Waals surface area contributed by atoms with Gasteiger partial charge in [0.2, 0.25) is 5.88 Å². The zero-order chi connectivity index (χ0) is 25.1. The molecule has 0 aliphatic heterocycles. The second kappa shape index (κ2) is 8.22. The van der Waals surface area contributed by atoms with E-state index in [1.807, 2.05) is 0 Å². The van der Waals surface area contributed by atoms with Crippen molar-refractivity contribution in [2.75, 3.05) is 0 Å². The lowest BCUT2D eigenvalue weighted by Gasteiger charge is -2.16. The van der Waals surface area contributed by atoms with Crippen LogP contribution in [0.3, 0.4) is 0 Å². The van der Waals surface area contributed by atoms with Crippen molar-refractivity contribution in [3.8, 4) is 28.3 Å². The lowest BCUT2D eigenvalue weighted by Crippen LogP contribution is -1.91. The van der Waals surface area contributed by atoms with Gasteiger partial charge in [-0.15, -0.1) is 0 Å². The molecule has 0 fully saturated rings. The van der Waals surface area contributed by atoms with Gasteiger partial charge in [-0.2, -0.15) is 0 Å². The zero-order valence-corrected chi connectivity index (χ0v) is 20.6. The molecule has 38 heavy (non-hydrogen) atoms. The van der Waals surface area contributed by atoms with Crippen LogP contribution in [0, 0.1) is 0 Å². The van der Waals surface area contributed by atoms with Gasteiger partial charge in [-0.1, -0.05) is 115 Å². The standard InChI is InChI=1S/C36H23NO/c1-2-12-24(13-3-1)35-27-16-4-6-18-29(27)36(30-19-7-5-17-28(30)35)33-22-23-34(38-33)37-31-20-10-8-14-25(31)26-15-9-11-21-32(26)37/h1-23H. The van der Waals surface area contributed by atoms with Crippen LogP contribution in [0.4, 0.5) is 0 Å². The lowest BCUT2D eigenvalue weighted by atomic mass is 9.88.